The second kappa shape index (κ2) is 8.43. The van der Waals surface area contributed by atoms with E-state index in [9.17, 15) is 18.0 Å². The van der Waals surface area contributed by atoms with Gasteiger partial charge in [-0.25, -0.2) is 4.79 Å². The van der Waals surface area contributed by atoms with Crippen molar-refractivity contribution in [2.24, 2.45) is 0 Å². The molecule has 5 nitrogen and oxygen atoms in total. The minimum absolute atomic E-state index is 0.0423. The summed E-state index contributed by atoms with van der Waals surface area (Å²) in [5.74, 6) is -0.0423. The van der Waals surface area contributed by atoms with E-state index >= 15 is 0 Å². The van der Waals surface area contributed by atoms with Crippen LogP contribution >= 0.6 is 11.8 Å². The number of pyridine rings is 1. The summed E-state index contributed by atoms with van der Waals surface area (Å²) in [5.41, 5.74) is -1.19. The smallest absolute Gasteiger partial charge is 0.419 e. The standard InChI is InChI=1S/C21H20F3N3O2S/c1-20(2,3)29-19(28)26-17-13-16(21(22,23)24)18(30-15-9-11-25-12-10-15)27(17)14-7-5-4-6-8-14/h4-13H,1-3H3,(H,26,28). The van der Waals surface area contributed by atoms with Gasteiger partial charge in [-0.05, 0) is 51.1 Å². The zero-order chi connectivity index (χ0) is 21.9. The molecule has 9 heteroatoms. The Hall–Kier alpha value is -2.94. The Kier molecular flexibility index (Phi) is 6.12. The summed E-state index contributed by atoms with van der Waals surface area (Å²) >= 11 is 0.934. The Labute approximate surface area is 176 Å². The van der Waals surface area contributed by atoms with Crippen molar-refractivity contribution in [3.05, 3.63) is 66.5 Å². The number of para-hydroxylation sites is 1. The second-order valence-corrected chi connectivity index (χ2v) is 8.39. The van der Waals surface area contributed by atoms with Crippen molar-refractivity contribution in [3.63, 3.8) is 0 Å². The third-order valence-corrected chi connectivity index (χ3v) is 4.87. The Bertz CT molecular complexity index is 1010. The molecule has 0 bridgehead atoms. The second-order valence-electron chi connectivity index (χ2n) is 7.33. The first kappa shape index (κ1) is 21.8. The number of aromatic nitrogens is 2. The van der Waals surface area contributed by atoms with Crippen molar-refractivity contribution >= 4 is 23.7 Å². The first-order valence-electron chi connectivity index (χ1n) is 9.01. The van der Waals surface area contributed by atoms with E-state index in [1.54, 1.807) is 63.2 Å². The van der Waals surface area contributed by atoms with E-state index < -0.39 is 23.4 Å². The molecule has 2 heterocycles. The molecule has 1 aromatic carbocycles. The zero-order valence-corrected chi connectivity index (χ0v) is 17.3. The monoisotopic (exact) mass is 435 g/mol. The fourth-order valence-corrected chi connectivity index (χ4v) is 3.71. The molecule has 0 radical (unpaired) electrons. The third-order valence-electron chi connectivity index (χ3n) is 3.77. The number of alkyl halides is 3. The van der Waals surface area contributed by atoms with E-state index in [1.807, 2.05) is 0 Å². The molecular formula is C21H20F3N3O2S. The van der Waals surface area contributed by atoms with Crippen LogP contribution in [0.25, 0.3) is 5.69 Å². The van der Waals surface area contributed by atoms with Crippen molar-refractivity contribution < 1.29 is 22.7 Å². The predicted octanol–water partition coefficient (Wildman–Crippen LogP) is 6.39. The summed E-state index contributed by atoms with van der Waals surface area (Å²) in [7, 11) is 0. The highest BCUT2D eigenvalue weighted by atomic mass is 32.2. The number of nitrogens with zero attached hydrogens (tertiary/aromatic N) is 2. The molecular weight excluding hydrogens is 415 g/mol. The van der Waals surface area contributed by atoms with Gasteiger partial charge in [0.15, 0.2) is 0 Å². The average molecular weight is 435 g/mol. The summed E-state index contributed by atoms with van der Waals surface area (Å²) in [4.78, 5) is 16.8. The lowest BCUT2D eigenvalue weighted by Crippen LogP contribution is -2.27. The zero-order valence-electron chi connectivity index (χ0n) is 16.5. The Morgan fingerprint density at radius 1 is 1.07 bits per heavy atom. The van der Waals surface area contributed by atoms with E-state index in [2.05, 4.69) is 10.3 Å². The molecule has 2 aromatic heterocycles. The van der Waals surface area contributed by atoms with E-state index in [4.69, 9.17) is 4.74 Å². The maximum Gasteiger partial charge on any atom is 0.419 e. The quantitative estimate of drug-likeness (QED) is 0.516. The van der Waals surface area contributed by atoms with E-state index in [0.29, 0.717) is 10.6 Å². The van der Waals surface area contributed by atoms with Gasteiger partial charge in [0.05, 0.1) is 10.6 Å². The number of rotatable bonds is 4. The number of amides is 1. The molecule has 0 fully saturated rings. The van der Waals surface area contributed by atoms with E-state index in [1.165, 1.54) is 17.0 Å². The highest BCUT2D eigenvalue weighted by Crippen LogP contribution is 2.44. The van der Waals surface area contributed by atoms with Gasteiger partial charge in [-0.3, -0.25) is 14.9 Å². The summed E-state index contributed by atoms with van der Waals surface area (Å²) in [6, 6.07) is 12.7. The number of nitrogens with one attached hydrogen (secondary N) is 1. The summed E-state index contributed by atoms with van der Waals surface area (Å²) in [6.45, 7) is 5.03. The van der Waals surface area contributed by atoms with E-state index in [0.717, 1.165) is 17.8 Å². The van der Waals surface area contributed by atoms with Crippen LogP contribution in [-0.4, -0.2) is 21.2 Å². The third kappa shape index (κ3) is 5.35. The number of halogens is 3. The van der Waals surface area contributed by atoms with Crippen molar-refractivity contribution in [3.8, 4) is 5.69 Å². The molecule has 0 aliphatic carbocycles. The Morgan fingerprint density at radius 3 is 2.27 bits per heavy atom. The molecule has 0 atom stereocenters. The molecule has 0 aliphatic rings. The van der Waals surface area contributed by atoms with Gasteiger partial charge in [0.25, 0.3) is 0 Å². The first-order valence-corrected chi connectivity index (χ1v) is 9.82. The fourth-order valence-electron chi connectivity index (χ4n) is 2.65. The lowest BCUT2D eigenvalue weighted by Gasteiger charge is -2.20. The topological polar surface area (TPSA) is 56.1 Å². The molecule has 158 valence electrons. The van der Waals surface area contributed by atoms with Gasteiger partial charge >= 0.3 is 12.3 Å². The van der Waals surface area contributed by atoms with Crippen molar-refractivity contribution in [2.75, 3.05) is 5.32 Å². The molecule has 0 aliphatic heterocycles. The van der Waals surface area contributed by atoms with Gasteiger partial charge in [-0.1, -0.05) is 30.0 Å². The molecule has 1 N–H and O–H groups in total. The molecule has 3 aromatic rings. The minimum atomic E-state index is -4.63. The molecule has 1 amide bonds. The van der Waals surface area contributed by atoms with Crippen LogP contribution in [0.5, 0.6) is 0 Å². The lowest BCUT2D eigenvalue weighted by atomic mass is 10.2. The van der Waals surface area contributed by atoms with Gasteiger partial charge in [0.2, 0.25) is 0 Å². The summed E-state index contributed by atoms with van der Waals surface area (Å²) in [6.07, 6.45) is -2.46. The largest absolute Gasteiger partial charge is 0.444 e. The van der Waals surface area contributed by atoms with Gasteiger partial charge < -0.3 is 4.74 Å². The molecule has 0 saturated heterocycles. The molecule has 0 spiro atoms. The number of hydrogen-bond acceptors (Lipinski definition) is 4. The molecule has 0 saturated carbocycles. The fraction of sp³-hybridized carbons (Fsp3) is 0.238. The number of carbonyl (C=O) groups is 1. The highest BCUT2D eigenvalue weighted by Gasteiger charge is 2.38. The molecule has 3 rings (SSSR count). The SMILES string of the molecule is CC(C)(C)OC(=O)Nc1cc(C(F)(F)F)c(Sc2ccncc2)n1-c1ccccc1. The van der Waals surface area contributed by atoms with Crippen LogP contribution in [0.3, 0.4) is 0 Å². The first-order chi connectivity index (χ1) is 14.0. The maximum atomic E-state index is 13.9. The van der Waals surface area contributed by atoms with Crippen LogP contribution in [0.15, 0.2) is 70.8 Å². The van der Waals surface area contributed by atoms with Gasteiger partial charge in [0, 0.05) is 23.0 Å². The Balaban J connectivity index is 2.15. The average Bonchev–Trinajstić information content (AvgIpc) is 2.99. The number of hydrogen-bond donors (Lipinski definition) is 1. The van der Waals surface area contributed by atoms with Crippen LogP contribution in [0.4, 0.5) is 23.8 Å². The number of benzene rings is 1. The van der Waals surface area contributed by atoms with Crippen LogP contribution < -0.4 is 5.32 Å². The van der Waals surface area contributed by atoms with Gasteiger partial charge in [-0.15, -0.1) is 0 Å². The number of anilines is 1. The molecule has 0 unspecified atom stereocenters. The van der Waals surface area contributed by atoms with Gasteiger partial charge in [-0.2, -0.15) is 13.2 Å². The van der Waals surface area contributed by atoms with Gasteiger partial charge in [0.1, 0.15) is 11.4 Å². The van der Waals surface area contributed by atoms with Crippen molar-refractivity contribution in [2.45, 2.75) is 42.5 Å². The minimum Gasteiger partial charge on any atom is -0.444 e. The summed E-state index contributed by atoms with van der Waals surface area (Å²) in [5, 5.41) is 2.38. The predicted molar refractivity (Wildman–Crippen MR) is 109 cm³/mol. The summed E-state index contributed by atoms with van der Waals surface area (Å²) < 4.78 is 48.2. The number of carbonyl (C=O) groups excluding carboxylic acids is 1. The Morgan fingerprint density at radius 2 is 1.70 bits per heavy atom. The van der Waals surface area contributed by atoms with E-state index in [-0.39, 0.29) is 10.8 Å². The van der Waals surface area contributed by atoms with Crippen LogP contribution in [0, 0.1) is 0 Å². The van der Waals surface area contributed by atoms with Crippen molar-refractivity contribution in [1.29, 1.82) is 0 Å². The van der Waals surface area contributed by atoms with Crippen LogP contribution in [0.1, 0.15) is 26.3 Å². The van der Waals surface area contributed by atoms with Crippen LogP contribution in [0.2, 0.25) is 0 Å². The number of ether oxygens (including phenoxy) is 1. The lowest BCUT2D eigenvalue weighted by molar-refractivity contribution is -0.139. The highest BCUT2D eigenvalue weighted by molar-refractivity contribution is 7.99. The normalized spacial score (nSPS) is 11.9. The van der Waals surface area contributed by atoms with Crippen LogP contribution in [-0.2, 0) is 10.9 Å². The molecule has 30 heavy (non-hydrogen) atoms. The maximum absolute atomic E-state index is 13.9. The van der Waals surface area contributed by atoms with Crippen molar-refractivity contribution in [1.82, 2.24) is 9.55 Å².